The molecule has 0 bridgehead atoms. The second kappa shape index (κ2) is 5.87. The molecule has 2 aromatic heterocycles. The molecule has 0 saturated carbocycles. The van der Waals surface area contributed by atoms with E-state index in [1.807, 2.05) is 12.3 Å². The van der Waals surface area contributed by atoms with Gasteiger partial charge in [0, 0.05) is 27.0 Å². The summed E-state index contributed by atoms with van der Waals surface area (Å²) in [6.45, 7) is 0.737. The Kier molecular flexibility index (Phi) is 4.14. The molecule has 2 aromatic rings. The van der Waals surface area contributed by atoms with E-state index in [1.165, 1.54) is 5.56 Å². The van der Waals surface area contributed by atoms with Crippen LogP contribution in [-0.2, 0) is 12.8 Å². The zero-order valence-electron chi connectivity index (χ0n) is 10.8. The number of aryl methyl sites for hydroxylation is 1. The molecular weight excluding hydrogens is 384 g/mol. The summed E-state index contributed by atoms with van der Waals surface area (Å²) >= 11 is 6.91. The predicted molar refractivity (Wildman–Crippen MR) is 85.2 cm³/mol. The third-order valence-corrected chi connectivity index (χ3v) is 4.64. The lowest BCUT2D eigenvalue weighted by Crippen LogP contribution is -2.23. The smallest absolute Gasteiger partial charge is 0.179 e. The van der Waals surface area contributed by atoms with Crippen molar-refractivity contribution in [3.63, 3.8) is 0 Å². The number of halogens is 2. The lowest BCUT2D eigenvalue weighted by atomic mass is 9.87. The summed E-state index contributed by atoms with van der Waals surface area (Å²) in [5, 5.41) is 0. The number of rotatable bonds is 2. The Hall–Kier alpha value is -0.850. The Morgan fingerprint density at radius 3 is 2.85 bits per heavy atom. The molecule has 6 heteroatoms. The van der Waals surface area contributed by atoms with Gasteiger partial charge in [0.05, 0.1) is 0 Å². The van der Waals surface area contributed by atoms with Gasteiger partial charge in [0.2, 0.25) is 0 Å². The summed E-state index contributed by atoms with van der Waals surface area (Å²) in [5.41, 5.74) is 8.89. The molecule has 0 saturated heterocycles. The first-order valence-electron chi connectivity index (χ1n) is 6.53. The maximum atomic E-state index is 5.75. The maximum absolute atomic E-state index is 5.75. The largest absolute Gasteiger partial charge is 0.330 e. The van der Waals surface area contributed by atoms with E-state index in [0.29, 0.717) is 11.7 Å². The van der Waals surface area contributed by atoms with Crippen molar-refractivity contribution in [2.24, 2.45) is 11.7 Å². The minimum atomic E-state index is 0.564. The second-order valence-electron chi connectivity index (χ2n) is 4.99. The molecule has 2 N–H and O–H groups in total. The normalized spacial score (nSPS) is 17.9. The van der Waals surface area contributed by atoms with Gasteiger partial charge in [-0.25, -0.2) is 9.97 Å². The Labute approximate surface area is 134 Å². The predicted octanol–water partition coefficient (Wildman–Crippen LogP) is 3.13. The highest BCUT2D eigenvalue weighted by molar-refractivity contribution is 9.11. The van der Waals surface area contributed by atoms with Crippen molar-refractivity contribution in [2.75, 3.05) is 6.54 Å². The molecule has 2 heterocycles. The van der Waals surface area contributed by atoms with Crippen molar-refractivity contribution in [1.29, 1.82) is 0 Å². The van der Waals surface area contributed by atoms with Crippen molar-refractivity contribution < 1.29 is 0 Å². The highest BCUT2D eigenvalue weighted by atomic mass is 79.9. The van der Waals surface area contributed by atoms with E-state index in [2.05, 4.69) is 46.8 Å². The van der Waals surface area contributed by atoms with E-state index in [-0.39, 0.29) is 0 Å². The van der Waals surface area contributed by atoms with Gasteiger partial charge in [-0.2, -0.15) is 0 Å². The number of fused-ring (bicyclic) bond motifs is 1. The third-order valence-electron chi connectivity index (χ3n) is 3.61. The number of nitrogens with zero attached hydrogens (tertiary/aromatic N) is 3. The average molecular weight is 398 g/mol. The zero-order valence-corrected chi connectivity index (χ0v) is 14.0. The lowest BCUT2D eigenvalue weighted by Gasteiger charge is -2.22. The van der Waals surface area contributed by atoms with E-state index in [4.69, 9.17) is 5.73 Å². The summed E-state index contributed by atoms with van der Waals surface area (Å²) in [6, 6.07) is 1.95. The Morgan fingerprint density at radius 1 is 1.25 bits per heavy atom. The van der Waals surface area contributed by atoms with Crippen LogP contribution in [0.4, 0.5) is 0 Å². The number of pyridine rings is 1. The first-order chi connectivity index (χ1) is 9.67. The number of hydrogen-bond donors (Lipinski definition) is 1. The van der Waals surface area contributed by atoms with Crippen molar-refractivity contribution in [3.05, 3.63) is 38.7 Å². The molecule has 0 amide bonds. The first-order valence-corrected chi connectivity index (χ1v) is 8.12. The Balaban J connectivity index is 1.97. The minimum absolute atomic E-state index is 0.564. The van der Waals surface area contributed by atoms with Crippen molar-refractivity contribution >= 4 is 31.9 Å². The summed E-state index contributed by atoms with van der Waals surface area (Å²) in [5.74, 6) is 1.24. The van der Waals surface area contributed by atoms with Gasteiger partial charge in [0.15, 0.2) is 5.82 Å². The van der Waals surface area contributed by atoms with E-state index in [1.54, 1.807) is 6.20 Å². The summed E-state index contributed by atoms with van der Waals surface area (Å²) < 4.78 is 1.82. The molecule has 4 nitrogen and oxygen atoms in total. The molecule has 0 aromatic carbocycles. The molecule has 1 aliphatic rings. The number of nitrogens with two attached hydrogens (primary N) is 1. The fourth-order valence-corrected chi connectivity index (χ4v) is 3.64. The summed E-state index contributed by atoms with van der Waals surface area (Å²) in [6.07, 6.45) is 6.75. The topological polar surface area (TPSA) is 64.7 Å². The van der Waals surface area contributed by atoms with E-state index in [9.17, 15) is 0 Å². The molecule has 3 rings (SSSR count). The Bertz CT molecular complexity index is 645. The van der Waals surface area contributed by atoms with E-state index >= 15 is 0 Å². The van der Waals surface area contributed by atoms with Crippen molar-refractivity contribution in [3.8, 4) is 11.5 Å². The van der Waals surface area contributed by atoms with Crippen LogP contribution >= 0.6 is 31.9 Å². The standard InChI is InChI=1S/C14H14Br2N4/c15-10-4-11(16)13(18-7-10)14-19-6-9-3-8(5-17)1-2-12(9)20-14/h4,6-8H,1-3,5,17H2. The van der Waals surface area contributed by atoms with Gasteiger partial charge < -0.3 is 5.73 Å². The molecule has 1 aliphatic carbocycles. The highest BCUT2D eigenvalue weighted by Crippen LogP contribution is 2.29. The van der Waals surface area contributed by atoms with Gasteiger partial charge in [-0.1, -0.05) is 0 Å². The zero-order chi connectivity index (χ0) is 14.1. The highest BCUT2D eigenvalue weighted by Gasteiger charge is 2.20. The van der Waals surface area contributed by atoms with Gasteiger partial charge in [-0.05, 0) is 75.2 Å². The molecule has 0 aliphatic heterocycles. The van der Waals surface area contributed by atoms with Gasteiger partial charge in [-0.3, -0.25) is 4.98 Å². The molecule has 1 atom stereocenters. The summed E-state index contributed by atoms with van der Waals surface area (Å²) in [7, 11) is 0. The first kappa shape index (κ1) is 14.1. The molecule has 0 fully saturated rings. The number of aromatic nitrogens is 3. The average Bonchev–Trinajstić information content (AvgIpc) is 2.46. The molecule has 0 spiro atoms. The SMILES string of the molecule is NCC1CCc2nc(-c3ncc(Br)cc3Br)ncc2C1. The molecule has 104 valence electrons. The summed E-state index contributed by atoms with van der Waals surface area (Å²) in [4.78, 5) is 13.5. The van der Waals surface area contributed by atoms with Crippen LogP contribution in [-0.4, -0.2) is 21.5 Å². The quantitative estimate of drug-likeness (QED) is 0.845. The van der Waals surface area contributed by atoms with Crippen LogP contribution in [0.3, 0.4) is 0 Å². The van der Waals surface area contributed by atoms with Gasteiger partial charge in [0.25, 0.3) is 0 Å². The van der Waals surface area contributed by atoms with Crippen LogP contribution in [0.1, 0.15) is 17.7 Å². The molecule has 20 heavy (non-hydrogen) atoms. The molecular formula is C14H14Br2N4. The van der Waals surface area contributed by atoms with Gasteiger partial charge in [0.1, 0.15) is 5.69 Å². The second-order valence-corrected chi connectivity index (χ2v) is 6.76. The fraction of sp³-hybridized carbons (Fsp3) is 0.357. The van der Waals surface area contributed by atoms with E-state index < -0.39 is 0 Å². The third kappa shape index (κ3) is 2.77. The van der Waals surface area contributed by atoms with Crippen LogP contribution < -0.4 is 5.73 Å². The fourth-order valence-electron chi connectivity index (χ4n) is 2.48. The van der Waals surface area contributed by atoms with Crippen LogP contribution in [0.2, 0.25) is 0 Å². The van der Waals surface area contributed by atoms with Crippen molar-refractivity contribution in [2.45, 2.75) is 19.3 Å². The van der Waals surface area contributed by atoms with Crippen LogP contribution in [0, 0.1) is 5.92 Å². The van der Waals surface area contributed by atoms with Crippen LogP contribution in [0.5, 0.6) is 0 Å². The number of hydrogen-bond acceptors (Lipinski definition) is 4. The maximum Gasteiger partial charge on any atom is 0.179 e. The molecule has 1 unspecified atom stereocenters. The molecule has 0 radical (unpaired) electrons. The van der Waals surface area contributed by atoms with Crippen molar-refractivity contribution in [1.82, 2.24) is 15.0 Å². The Morgan fingerprint density at radius 2 is 2.10 bits per heavy atom. The monoisotopic (exact) mass is 396 g/mol. The minimum Gasteiger partial charge on any atom is -0.330 e. The van der Waals surface area contributed by atoms with E-state index in [0.717, 1.165) is 46.1 Å². The lowest BCUT2D eigenvalue weighted by molar-refractivity contribution is 0.462. The van der Waals surface area contributed by atoms with Gasteiger partial charge in [-0.15, -0.1) is 0 Å². The van der Waals surface area contributed by atoms with Crippen LogP contribution in [0.15, 0.2) is 27.4 Å². The van der Waals surface area contributed by atoms with Gasteiger partial charge >= 0.3 is 0 Å². The van der Waals surface area contributed by atoms with Crippen LogP contribution in [0.25, 0.3) is 11.5 Å².